The lowest BCUT2D eigenvalue weighted by molar-refractivity contribution is -0.445. The smallest absolute Gasteiger partial charge is 0.296 e. The van der Waals surface area contributed by atoms with Gasteiger partial charge in [-0.15, -0.1) is 11.3 Å². The van der Waals surface area contributed by atoms with Crippen molar-refractivity contribution in [2.75, 3.05) is 5.32 Å². The van der Waals surface area contributed by atoms with Crippen LogP contribution in [0.2, 0.25) is 0 Å². The predicted octanol–water partition coefficient (Wildman–Crippen LogP) is 8.03. The summed E-state index contributed by atoms with van der Waals surface area (Å²) in [5.74, 6) is -60.8. The van der Waals surface area contributed by atoms with E-state index in [2.05, 4.69) is 16.6 Å². The monoisotopic (exact) mass is 638 g/mol. The third-order valence-electron chi connectivity index (χ3n) is 4.80. The largest absolute Gasteiger partial charge is 0.393 e. The average Bonchev–Trinajstić information content (AvgIpc) is 3.26. The number of anilines is 1. The number of nitrogens with one attached hydrogen (secondary N) is 1. The van der Waals surface area contributed by atoms with Gasteiger partial charge in [-0.3, -0.25) is 10.1 Å². The second-order valence-corrected chi connectivity index (χ2v) is 8.71. The second-order valence-electron chi connectivity index (χ2n) is 7.38. The van der Waals surface area contributed by atoms with Gasteiger partial charge in [0, 0.05) is 10.9 Å². The first kappa shape index (κ1) is 32.7. The van der Waals surface area contributed by atoms with Crippen LogP contribution in [-0.4, -0.2) is 57.7 Å². The highest BCUT2D eigenvalue weighted by Gasteiger charge is 2.95. The molecule has 0 aliphatic heterocycles. The SMILES string of the molecule is O=C(Nc1nc(-c2ccccc2)cs1)C(F)(F)C(F)(F)C(F)(F)C(F)(F)C(F)(F)C(F)(F)C(F)(F)C(F)(F)Cl. The molecule has 1 aromatic heterocycles. The molecule has 0 bridgehead atoms. The van der Waals surface area contributed by atoms with Gasteiger partial charge in [0.05, 0.1) is 5.69 Å². The van der Waals surface area contributed by atoms with Crippen LogP contribution in [0, 0.1) is 0 Å². The molecule has 0 atom stereocenters. The summed E-state index contributed by atoms with van der Waals surface area (Å²) in [5, 5.41) is -6.15. The molecule has 0 saturated heterocycles. The molecular formula is C18H7ClF16N2OS. The Bertz CT molecular complexity index is 1200. The molecule has 1 N–H and O–H groups in total. The molecule has 21 heteroatoms. The van der Waals surface area contributed by atoms with Gasteiger partial charge in [0.2, 0.25) is 0 Å². The highest BCUT2D eigenvalue weighted by atomic mass is 35.5. The number of benzene rings is 1. The minimum absolute atomic E-state index is 0.137. The molecule has 0 saturated carbocycles. The Morgan fingerprint density at radius 1 is 0.667 bits per heavy atom. The lowest BCUT2D eigenvalue weighted by Gasteiger charge is -2.42. The fourth-order valence-corrected chi connectivity index (χ4v) is 3.39. The first-order chi connectivity index (χ1) is 17.2. The van der Waals surface area contributed by atoms with Crippen LogP contribution in [0.3, 0.4) is 0 Å². The van der Waals surface area contributed by atoms with E-state index in [1.807, 2.05) is 0 Å². The molecular weight excluding hydrogens is 632 g/mol. The molecule has 1 amide bonds. The average molecular weight is 639 g/mol. The molecule has 0 radical (unpaired) electrons. The number of nitrogens with zero attached hydrogens (tertiary/aromatic N) is 1. The molecule has 220 valence electrons. The first-order valence-corrected chi connectivity index (χ1v) is 10.5. The topological polar surface area (TPSA) is 42.0 Å². The fourth-order valence-electron chi connectivity index (χ4n) is 2.55. The van der Waals surface area contributed by atoms with Gasteiger partial charge in [0.15, 0.2) is 5.13 Å². The Hall–Kier alpha value is -2.51. The lowest BCUT2D eigenvalue weighted by Crippen LogP contribution is -2.75. The maximum atomic E-state index is 14.0. The van der Waals surface area contributed by atoms with Gasteiger partial charge < -0.3 is 0 Å². The zero-order valence-electron chi connectivity index (χ0n) is 17.7. The standard InChI is InChI=1S/C18H7ClF16N2OS/c19-18(34,35)17(32,33)16(30,31)15(28,29)14(26,27)13(24,25)12(22,23)11(20,21)9(38)37-10-36-8(6-39-10)7-4-2-1-3-5-7/h1-6H,(H,36,37,38). The minimum atomic E-state index is -8.65. The summed E-state index contributed by atoms with van der Waals surface area (Å²) >= 11 is 3.63. The summed E-state index contributed by atoms with van der Waals surface area (Å²) in [6.07, 6.45) is 0. The number of alkyl halides is 17. The van der Waals surface area contributed by atoms with Crippen molar-refractivity contribution < 1.29 is 75.0 Å². The summed E-state index contributed by atoms with van der Waals surface area (Å²) in [6, 6.07) is 7.05. The van der Waals surface area contributed by atoms with Crippen LogP contribution in [0.5, 0.6) is 0 Å². The van der Waals surface area contributed by atoms with E-state index in [4.69, 9.17) is 0 Å². The van der Waals surface area contributed by atoms with Gasteiger partial charge in [-0.25, -0.2) is 4.98 Å². The minimum Gasteiger partial charge on any atom is -0.296 e. The molecule has 39 heavy (non-hydrogen) atoms. The lowest BCUT2D eigenvalue weighted by atomic mass is 9.89. The number of aromatic nitrogens is 1. The van der Waals surface area contributed by atoms with Crippen LogP contribution < -0.4 is 5.32 Å². The van der Waals surface area contributed by atoms with Crippen LogP contribution in [0.1, 0.15) is 0 Å². The number of carbonyl (C=O) groups is 1. The summed E-state index contributed by atoms with van der Waals surface area (Å²) in [5.41, 5.74) is 0.0849. The van der Waals surface area contributed by atoms with E-state index in [1.165, 1.54) is 30.3 Å². The Balaban J connectivity index is 2.47. The van der Waals surface area contributed by atoms with Crippen molar-refractivity contribution in [3.8, 4) is 11.3 Å². The maximum Gasteiger partial charge on any atom is 0.393 e. The summed E-state index contributed by atoms with van der Waals surface area (Å²) in [4.78, 5) is 15.0. The maximum absolute atomic E-state index is 14.0. The van der Waals surface area contributed by atoms with Crippen molar-refractivity contribution in [1.82, 2.24) is 4.98 Å². The van der Waals surface area contributed by atoms with Crippen molar-refractivity contribution in [3.05, 3.63) is 35.7 Å². The van der Waals surface area contributed by atoms with E-state index in [0.717, 1.165) is 10.7 Å². The third-order valence-corrected chi connectivity index (χ3v) is 5.80. The highest BCUT2D eigenvalue weighted by Crippen LogP contribution is 2.64. The number of carbonyl (C=O) groups excluding carboxylic acids is 1. The van der Waals surface area contributed by atoms with Crippen LogP contribution in [0.25, 0.3) is 11.3 Å². The molecule has 2 rings (SSSR count). The molecule has 1 aromatic carbocycles. The number of halogens is 17. The van der Waals surface area contributed by atoms with Gasteiger partial charge in [-0.2, -0.15) is 70.2 Å². The molecule has 0 spiro atoms. The molecule has 3 nitrogen and oxygen atoms in total. The molecule has 0 fully saturated rings. The molecule has 0 aliphatic rings. The zero-order valence-corrected chi connectivity index (χ0v) is 19.2. The summed E-state index contributed by atoms with van der Waals surface area (Å²) < 4.78 is 216. The summed E-state index contributed by atoms with van der Waals surface area (Å²) in [7, 11) is 0. The number of rotatable bonds is 10. The van der Waals surface area contributed by atoms with Gasteiger partial charge in [0.25, 0.3) is 0 Å². The predicted molar refractivity (Wildman–Crippen MR) is 102 cm³/mol. The molecule has 1 heterocycles. The Labute approximate surface area is 213 Å². The number of amides is 1. The van der Waals surface area contributed by atoms with Crippen LogP contribution in [0.4, 0.5) is 75.4 Å². The fraction of sp³-hybridized carbons (Fsp3) is 0.444. The molecule has 0 aliphatic carbocycles. The Morgan fingerprint density at radius 2 is 1.08 bits per heavy atom. The number of hydrogen-bond acceptors (Lipinski definition) is 3. The van der Waals surface area contributed by atoms with E-state index in [1.54, 1.807) is 0 Å². The highest BCUT2D eigenvalue weighted by molar-refractivity contribution is 7.14. The van der Waals surface area contributed by atoms with Crippen molar-refractivity contribution >= 4 is 34.0 Å². The van der Waals surface area contributed by atoms with Crippen molar-refractivity contribution in [1.29, 1.82) is 0 Å². The van der Waals surface area contributed by atoms with Gasteiger partial charge in [-0.05, 0) is 11.6 Å². The summed E-state index contributed by atoms with van der Waals surface area (Å²) in [6.45, 7) is 0. The van der Waals surface area contributed by atoms with Gasteiger partial charge in [0.1, 0.15) is 0 Å². The van der Waals surface area contributed by atoms with Gasteiger partial charge >= 0.3 is 52.7 Å². The Kier molecular flexibility index (Phi) is 8.01. The number of thiazole rings is 1. The van der Waals surface area contributed by atoms with Crippen molar-refractivity contribution in [2.45, 2.75) is 46.8 Å². The number of hydrogen-bond donors (Lipinski definition) is 1. The Morgan fingerprint density at radius 3 is 1.51 bits per heavy atom. The van der Waals surface area contributed by atoms with E-state index in [0.29, 0.717) is 0 Å². The normalized spacial score (nSPS) is 14.9. The van der Waals surface area contributed by atoms with Crippen molar-refractivity contribution in [3.63, 3.8) is 0 Å². The molecule has 2 aromatic rings. The third kappa shape index (κ3) is 4.76. The van der Waals surface area contributed by atoms with Crippen LogP contribution >= 0.6 is 22.9 Å². The van der Waals surface area contributed by atoms with E-state index in [-0.39, 0.29) is 22.6 Å². The van der Waals surface area contributed by atoms with Crippen LogP contribution in [-0.2, 0) is 4.79 Å². The van der Waals surface area contributed by atoms with E-state index < -0.39 is 57.9 Å². The van der Waals surface area contributed by atoms with E-state index in [9.17, 15) is 75.0 Å². The van der Waals surface area contributed by atoms with Crippen LogP contribution in [0.15, 0.2) is 35.7 Å². The quantitative estimate of drug-likeness (QED) is 0.212. The van der Waals surface area contributed by atoms with Crippen molar-refractivity contribution in [2.24, 2.45) is 0 Å². The zero-order chi connectivity index (χ0) is 30.7. The van der Waals surface area contributed by atoms with Gasteiger partial charge in [-0.1, -0.05) is 30.3 Å². The van der Waals surface area contributed by atoms with E-state index >= 15 is 0 Å². The first-order valence-electron chi connectivity index (χ1n) is 9.25. The second kappa shape index (κ2) is 9.55. The molecule has 0 unspecified atom stereocenters.